The van der Waals surface area contributed by atoms with Crippen LogP contribution in [-0.2, 0) is 20.9 Å². The van der Waals surface area contributed by atoms with Gasteiger partial charge in [-0.1, -0.05) is 0 Å². The molecule has 2 aromatic rings. The number of nitro groups is 1. The van der Waals surface area contributed by atoms with E-state index in [9.17, 15) is 24.5 Å². The van der Waals surface area contributed by atoms with Gasteiger partial charge < -0.3 is 9.88 Å². The number of hydrogen-bond acceptors (Lipinski definition) is 5. The molecule has 0 aliphatic carbocycles. The Kier molecular flexibility index (Phi) is 4.46. The second-order valence-electron chi connectivity index (χ2n) is 5.73. The highest BCUT2D eigenvalue weighted by Crippen LogP contribution is 2.21. The number of amides is 3. The van der Waals surface area contributed by atoms with Crippen molar-refractivity contribution in [1.82, 2.24) is 14.8 Å². The highest BCUT2D eigenvalue weighted by Gasteiger charge is 2.28. The van der Waals surface area contributed by atoms with E-state index in [1.165, 1.54) is 12.1 Å². The van der Waals surface area contributed by atoms with Crippen LogP contribution in [0.2, 0.25) is 0 Å². The first-order chi connectivity index (χ1) is 12.0. The van der Waals surface area contributed by atoms with E-state index in [-0.39, 0.29) is 55.9 Å². The molecular weight excluding hydrogens is 328 g/mol. The first-order valence-corrected chi connectivity index (χ1v) is 7.79. The molecule has 3 amide bonds. The Labute approximate surface area is 142 Å². The summed E-state index contributed by atoms with van der Waals surface area (Å²) in [5.41, 5.74) is 0.709. The van der Waals surface area contributed by atoms with E-state index in [2.05, 4.69) is 5.32 Å². The van der Waals surface area contributed by atoms with Crippen LogP contribution in [0.3, 0.4) is 0 Å². The topological polar surface area (TPSA) is 115 Å². The van der Waals surface area contributed by atoms with Gasteiger partial charge in [-0.2, -0.15) is 0 Å². The van der Waals surface area contributed by atoms with Gasteiger partial charge in [0.25, 0.3) is 5.69 Å². The predicted molar refractivity (Wildman–Crippen MR) is 87.6 cm³/mol. The molecule has 130 valence electrons. The Hall–Kier alpha value is -3.23. The van der Waals surface area contributed by atoms with Gasteiger partial charge in [-0.15, -0.1) is 0 Å². The molecule has 1 fully saturated rings. The number of non-ortho nitro benzene ring substituents is 1. The Morgan fingerprint density at radius 3 is 2.60 bits per heavy atom. The molecule has 0 saturated carbocycles. The molecule has 0 spiro atoms. The van der Waals surface area contributed by atoms with Gasteiger partial charge in [0.1, 0.15) is 6.54 Å². The van der Waals surface area contributed by atoms with Crippen LogP contribution in [0.4, 0.5) is 5.69 Å². The Bertz CT molecular complexity index is 857. The van der Waals surface area contributed by atoms with Gasteiger partial charge in [0.05, 0.1) is 4.92 Å². The number of aromatic nitrogens is 1. The lowest BCUT2D eigenvalue weighted by Crippen LogP contribution is -2.38. The average Bonchev–Trinajstić information content (AvgIpc) is 3.12. The van der Waals surface area contributed by atoms with Crippen LogP contribution in [0.25, 0.3) is 10.9 Å². The fourth-order valence-corrected chi connectivity index (χ4v) is 2.83. The quantitative estimate of drug-likeness (QED) is 0.473. The van der Waals surface area contributed by atoms with Crippen LogP contribution in [0, 0.1) is 10.1 Å². The third-order valence-electron chi connectivity index (χ3n) is 4.09. The van der Waals surface area contributed by atoms with Gasteiger partial charge in [-0.05, 0) is 12.1 Å². The van der Waals surface area contributed by atoms with Gasteiger partial charge in [-0.25, -0.2) is 0 Å². The number of imide groups is 1. The molecule has 2 heterocycles. The first-order valence-electron chi connectivity index (χ1n) is 7.79. The summed E-state index contributed by atoms with van der Waals surface area (Å²) in [4.78, 5) is 46.5. The van der Waals surface area contributed by atoms with Crippen LogP contribution < -0.4 is 5.32 Å². The fourth-order valence-electron chi connectivity index (χ4n) is 2.83. The molecule has 1 aliphatic heterocycles. The summed E-state index contributed by atoms with van der Waals surface area (Å²) < 4.78 is 1.68. The van der Waals surface area contributed by atoms with Crippen molar-refractivity contribution < 1.29 is 19.3 Å². The fraction of sp³-hybridized carbons (Fsp3) is 0.312. The van der Waals surface area contributed by atoms with Crippen molar-refractivity contribution >= 4 is 34.3 Å². The number of fused-ring (bicyclic) bond motifs is 1. The SMILES string of the molecule is O=C(Cn1ccc2cc([N+](=O)[O-])ccc21)NCCN1C(=O)CCC1=O. The maximum atomic E-state index is 12.0. The van der Waals surface area contributed by atoms with Crippen molar-refractivity contribution in [2.45, 2.75) is 19.4 Å². The largest absolute Gasteiger partial charge is 0.353 e. The molecule has 1 saturated heterocycles. The number of carbonyl (C=O) groups excluding carboxylic acids is 3. The second-order valence-corrected chi connectivity index (χ2v) is 5.73. The molecule has 0 atom stereocenters. The highest BCUT2D eigenvalue weighted by molar-refractivity contribution is 6.01. The normalized spacial score (nSPS) is 14.3. The zero-order valence-corrected chi connectivity index (χ0v) is 13.3. The molecule has 0 radical (unpaired) electrons. The Morgan fingerprint density at radius 2 is 1.92 bits per heavy atom. The molecule has 1 aromatic heterocycles. The monoisotopic (exact) mass is 344 g/mol. The molecule has 9 nitrogen and oxygen atoms in total. The van der Waals surface area contributed by atoms with Crippen LogP contribution in [-0.4, -0.2) is 45.2 Å². The molecule has 9 heteroatoms. The smallest absolute Gasteiger partial charge is 0.270 e. The summed E-state index contributed by atoms with van der Waals surface area (Å²) in [5, 5.41) is 14.1. The summed E-state index contributed by atoms with van der Waals surface area (Å²) in [6.45, 7) is 0.409. The van der Waals surface area contributed by atoms with Crippen LogP contribution in [0.15, 0.2) is 30.5 Å². The zero-order valence-electron chi connectivity index (χ0n) is 13.3. The van der Waals surface area contributed by atoms with E-state index in [0.29, 0.717) is 10.9 Å². The number of nitro benzene ring substituents is 1. The minimum atomic E-state index is -0.468. The standard InChI is InChI=1S/C16H16N4O5/c21-14(17-6-8-19-15(22)3-4-16(19)23)10-18-7-5-11-9-12(20(24)25)1-2-13(11)18/h1-2,5,7,9H,3-4,6,8,10H2,(H,17,21). The lowest BCUT2D eigenvalue weighted by Gasteiger charge is -2.14. The number of likely N-dealkylation sites (tertiary alicyclic amines) is 1. The van der Waals surface area contributed by atoms with E-state index < -0.39 is 4.92 Å². The van der Waals surface area contributed by atoms with Crippen molar-refractivity contribution in [3.63, 3.8) is 0 Å². The minimum Gasteiger partial charge on any atom is -0.353 e. The van der Waals surface area contributed by atoms with Crippen molar-refractivity contribution in [3.8, 4) is 0 Å². The van der Waals surface area contributed by atoms with E-state index in [4.69, 9.17) is 0 Å². The van der Waals surface area contributed by atoms with Crippen LogP contribution >= 0.6 is 0 Å². The van der Waals surface area contributed by atoms with Gasteiger partial charge in [0, 0.05) is 55.2 Å². The van der Waals surface area contributed by atoms with Crippen molar-refractivity contribution in [2.75, 3.05) is 13.1 Å². The molecule has 1 N–H and O–H groups in total. The van der Waals surface area contributed by atoms with Gasteiger partial charge in [-0.3, -0.25) is 29.4 Å². The van der Waals surface area contributed by atoms with E-state index in [1.807, 2.05) is 0 Å². The number of rotatable bonds is 6. The highest BCUT2D eigenvalue weighted by atomic mass is 16.6. The molecule has 0 unspecified atom stereocenters. The second kappa shape index (κ2) is 6.71. The number of nitrogens with one attached hydrogen (secondary N) is 1. The number of carbonyl (C=O) groups is 3. The molecule has 25 heavy (non-hydrogen) atoms. The molecule has 1 aromatic carbocycles. The van der Waals surface area contributed by atoms with Crippen molar-refractivity contribution in [3.05, 3.63) is 40.6 Å². The molecular formula is C16H16N4O5. The zero-order chi connectivity index (χ0) is 18.0. The van der Waals surface area contributed by atoms with Crippen molar-refractivity contribution in [2.24, 2.45) is 0 Å². The van der Waals surface area contributed by atoms with Gasteiger partial charge in [0.15, 0.2) is 0 Å². The predicted octanol–water partition coefficient (Wildman–Crippen LogP) is 0.815. The van der Waals surface area contributed by atoms with E-state index in [1.54, 1.807) is 22.9 Å². The summed E-state index contributed by atoms with van der Waals surface area (Å²) >= 11 is 0. The lowest BCUT2D eigenvalue weighted by atomic mass is 10.2. The third-order valence-corrected chi connectivity index (χ3v) is 4.09. The molecule has 0 bridgehead atoms. The number of hydrogen-bond donors (Lipinski definition) is 1. The summed E-state index contributed by atoms with van der Waals surface area (Å²) in [7, 11) is 0. The first kappa shape index (κ1) is 16.6. The maximum Gasteiger partial charge on any atom is 0.270 e. The lowest BCUT2D eigenvalue weighted by molar-refractivity contribution is -0.384. The van der Waals surface area contributed by atoms with Crippen LogP contribution in [0.1, 0.15) is 12.8 Å². The summed E-state index contributed by atoms with van der Waals surface area (Å²) in [6, 6.07) is 6.15. The van der Waals surface area contributed by atoms with Crippen molar-refractivity contribution in [1.29, 1.82) is 0 Å². The van der Waals surface area contributed by atoms with Crippen LogP contribution in [0.5, 0.6) is 0 Å². The average molecular weight is 344 g/mol. The third kappa shape index (κ3) is 3.49. The van der Waals surface area contributed by atoms with E-state index in [0.717, 1.165) is 4.90 Å². The molecule has 1 aliphatic rings. The Balaban J connectivity index is 1.58. The minimum absolute atomic E-state index is 0.00495. The molecule has 3 rings (SSSR count). The van der Waals surface area contributed by atoms with E-state index >= 15 is 0 Å². The Morgan fingerprint density at radius 1 is 1.20 bits per heavy atom. The van der Waals surface area contributed by atoms with Gasteiger partial charge >= 0.3 is 0 Å². The number of benzene rings is 1. The number of nitrogens with zero attached hydrogens (tertiary/aromatic N) is 3. The summed E-state index contributed by atoms with van der Waals surface area (Å²) in [6.07, 6.45) is 2.14. The summed E-state index contributed by atoms with van der Waals surface area (Å²) in [5.74, 6) is -0.690. The van der Waals surface area contributed by atoms with Gasteiger partial charge in [0.2, 0.25) is 17.7 Å². The maximum absolute atomic E-state index is 12.0.